The molecule has 0 saturated carbocycles. The smallest absolute Gasteiger partial charge is 0.344 e. The first kappa shape index (κ1) is 19.7. The Morgan fingerprint density at radius 1 is 1.12 bits per heavy atom. The first-order valence-electron chi connectivity index (χ1n) is 10.2. The predicted octanol–water partition coefficient (Wildman–Crippen LogP) is 4.48. The zero-order chi connectivity index (χ0) is 22.2. The monoisotopic (exact) mass is 429 g/mol. The summed E-state index contributed by atoms with van der Waals surface area (Å²) >= 11 is 0. The molecule has 0 aliphatic carbocycles. The fourth-order valence-corrected chi connectivity index (χ4v) is 3.56. The number of pyridine rings is 2. The minimum absolute atomic E-state index is 0.0500. The number of para-hydroxylation sites is 1. The Morgan fingerprint density at radius 2 is 1.97 bits per heavy atom. The summed E-state index contributed by atoms with van der Waals surface area (Å²) in [6.45, 7) is 4.18. The molecule has 5 rings (SSSR count). The molecule has 4 aromatic heterocycles. The fourth-order valence-electron chi connectivity index (χ4n) is 3.56. The third-order valence-corrected chi connectivity index (χ3v) is 5.20. The van der Waals surface area contributed by atoms with Crippen molar-refractivity contribution >= 4 is 28.0 Å². The van der Waals surface area contributed by atoms with Crippen molar-refractivity contribution in [3.8, 4) is 11.5 Å². The van der Waals surface area contributed by atoms with E-state index in [1.54, 1.807) is 22.8 Å². The number of carbonyl (C=O) groups is 1. The van der Waals surface area contributed by atoms with Crippen LogP contribution in [0, 0.1) is 6.92 Å². The van der Waals surface area contributed by atoms with E-state index in [2.05, 4.69) is 10.1 Å². The second-order valence-electron chi connectivity index (χ2n) is 7.39. The SMILES string of the molecule is CCn1cc(C(=O)OCc2cc(-c3cc4ccccc4o3)on2)c(=O)c2ccc(C)nc21. The van der Waals surface area contributed by atoms with Crippen LogP contribution in [0.15, 0.2) is 68.5 Å². The van der Waals surface area contributed by atoms with Crippen molar-refractivity contribution in [2.75, 3.05) is 0 Å². The molecule has 0 amide bonds. The van der Waals surface area contributed by atoms with Gasteiger partial charge in [0, 0.05) is 29.9 Å². The van der Waals surface area contributed by atoms with Gasteiger partial charge in [-0.15, -0.1) is 0 Å². The Bertz CT molecular complexity index is 1490. The van der Waals surface area contributed by atoms with Crippen molar-refractivity contribution < 1.29 is 18.5 Å². The van der Waals surface area contributed by atoms with E-state index < -0.39 is 11.4 Å². The van der Waals surface area contributed by atoms with Crippen molar-refractivity contribution in [2.24, 2.45) is 0 Å². The Kier molecular flexibility index (Phi) is 4.82. The van der Waals surface area contributed by atoms with E-state index >= 15 is 0 Å². The number of aromatic nitrogens is 3. The van der Waals surface area contributed by atoms with Crippen molar-refractivity contribution in [3.63, 3.8) is 0 Å². The Labute approximate surface area is 182 Å². The molecule has 1 aromatic carbocycles. The van der Waals surface area contributed by atoms with Crippen LogP contribution in [-0.2, 0) is 17.9 Å². The van der Waals surface area contributed by atoms with Crippen LogP contribution in [0.5, 0.6) is 0 Å². The zero-order valence-corrected chi connectivity index (χ0v) is 17.5. The lowest BCUT2D eigenvalue weighted by atomic mass is 10.2. The van der Waals surface area contributed by atoms with Gasteiger partial charge in [0.2, 0.25) is 11.2 Å². The molecule has 0 atom stereocenters. The molecule has 4 heterocycles. The van der Waals surface area contributed by atoms with Crippen LogP contribution in [0.2, 0.25) is 0 Å². The van der Waals surface area contributed by atoms with Crippen LogP contribution < -0.4 is 5.43 Å². The van der Waals surface area contributed by atoms with Gasteiger partial charge in [0.1, 0.15) is 29.1 Å². The van der Waals surface area contributed by atoms with Crippen LogP contribution in [0.4, 0.5) is 0 Å². The van der Waals surface area contributed by atoms with Gasteiger partial charge in [0.15, 0.2) is 5.76 Å². The fraction of sp³-hybridized carbons (Fsp3) is 0.167. The normalized spacial score (nSPS) is 11.3. The van der Waals surface area contributed by atoms with Crippen LogP contribution in [0.3, 0.4) is 0 Å². The molecule has 0 N–H and O–H groups in total. The molecule has 160 valence electrons. The average Bonchev–Trinajstić information content (AvgIpc) is 3.44. The highest BCUT2D eigenvalue weighted by atomic mass is 16.5. The largest absolute Gasteiger partial charge is 0.455 e. The summed E-state index contributed by atoms with van der Waals surface area (Å²) in [7, 11) is 0. The summed E-state index contributed by atoms with van der Waals surface area (Å²) < 4.78 is 18.2. The molecule has 0 aliphatic heterocycles. The number of fused-ring (bicyclic) bond motifs is 2. The lowest BCUT2D eigenvalue weighted by Gasteiger charge is -2.10. The standard InChI is InChI=1S/C24H19N3O5/c1-3-27-12-18(22(28)17-9-8-14(2)25-23(17)27)24(29)30-13-16-11-21(32-26-16)20-10-15-6-4-5-7-19(15)31-20/h4-12H,3,13H2,1-2H3. The van der Waals surface area contributed by atoms with Gasteiger partial charge in [0.05, 0.1) is 5.39 Å². The summed E-state index contributed by atoms with van der Waals surface area (Å²) in [6, 6.07) is 14.5. The van der Waals surface area contributed by atoms with E-state index in [1.807, 2.05) is 44.2 Å². The summed E-state index contributed by atoms with van der Waals surface area (Å²) in [5.74, 6) is 0.222. The summed E-state index contributed by atoms with van der Waals surface area (Å²) in [5.41, 5.74) is 2.01. The van der Waals surface area contributed by atoms with Gasteiger partial charge < -0.3 is 18.2 Å². The number of hydrogen-bond acceptors (Lipinski definition) is 7. The van der Waals surface area contributed by atoms with E-state index in [-0.39, 0.29) is 12.2 Å². The van der Waals surface area contributed by atoms with Crippen molar-refractivity contribution in [2.45, 2.75) is 27.0 Å². The third-order valence-electron chi connectivity index (χ3n) is 5.20. The molecular formula is C24H19N3O5. The Balaban J connectivity index is 1.37. The van der Waals surface area contributed by atoms with Gasteiger partial charge >= 0.3 is 5.97 Å². The molecule has 0 fully saturated rings. The lowest BCUT2D eigenvalue weighted by molar-refractivity contribution is 0.0462. The van der Waals surface area contributed by atoms with Crippen molar-refractivity contribution in [1.29, 1.82) is 0 Å². The van der Waals surface area contributed by atoms with Gasteiger partial charge in [-0.25, -0.2) is 9.78 Å². The molecule has 0 radical (unpaired) electrons. The Morgan fingerprint density at radius 3 is 2.78 bits per heavy atom. The predicted molar refractivity (Wildman–Crippen MR) is 117 cm³/mol. The van der Waals surface area contributed by atoms with E-state index in [9.17, 15) is 9.59 Å². The number of ether oxygens (including phenoxy) is 1. The van der Waals surface area contributed by atoms with Gasteiger partial charge in [-0.2, -0.15) is 0 Å². The number of esters is 1. The highest BCUT2D eigenvalue weighted by molar-refractivity contribution is 5.93. The second-order valence-corrected chi connectivity index (χ2v) is 7.39. The maximum absolute atomic E-state index is 12.8. The maximum atomic E-state index is 12.8. The number of carbonyl (C=O) groups excluding carboxylic acids is 1. The molecule has 0 unspecified atom stereocenters. The van der Waals surface area contributed by atoms with Crippen LogP contribution >= 0.6 is 0 Å². The highest BCUT2D eigenvalue weighted by Gasteiger charge is 2.19. The van der Waals surface area contributed by atoms with Crippen LogP contribution in [0.25, 0.3) is 33.5 Å². The molecule has 32 heavy (non-hydrogen) atoms. The third kappa shape index (κ3) is 3.45. The summed E-state index contributed by atoms with van der Waals surface area (Å²) in [5, 5.41) is 5.26. The zero-order valence-electron chi connectivity index (χ0n) is 17.5. The highest BCUT2D eigenvalue weighted by Crippen LogP contribution is 2.28. The minimum Gasteiger partial charge on any atom is -0.455 e. The topological polar surface area (TPSA) is 100 Å². The second kappa shape index (κ2) is 7.81. The average molecular weight is 429 g/mol. The number of rotatable bonds is 5. The first-order chi connectivity index (χ1) is 15.5. The summed E-state index contributed by atoms with van der Waals surface area (Å²) in [4.78, 5) is 29.9. The molecule has 0 aliphatic rings. The van der Waals surface area contributed by atoms with E-state index in [1.165, 1.54) is 6.20 Å². The van der Waals surface area contributed by atoms with E-state index in [0.29, 0.717) is 34.8 Å². The minimum atomic E-state index is -0.729. The molecular weight excluding hydrogens is 410 g/mol. The first-order valence-corrected chi connectivity index (χ1v) is 10.2. The molecule has 8 nitrogen and oxygen atoms in total. The van der Waals surface area contributed by atoms with Crippen molar-refractivity contribution in [1.82, 2.24) is 14.7 Å². The molecule has 0 bridgehead atoms. The van der Waals surface area contributed by atoms with E-state index in [0.717, 1.165) is 16.7 Å². The molecule has 0 spiro atoms. The molecule has 5 aromatic rings. The number of hydrogen-bond donors (Lipinski definition) is 0. The van der Waals surface area contributed by atoms with Gasteiger partial charge in [-0.05, 0) is 38.1 Å². The van der Waals surface area contributed by atoms with E-state index in [4.69, 9.17) is 13.7 Å². The van der Waals surface area contributed by atoms with Gasteiger partial charge in [-0.1, -0.05) is 23.4 Å². The lowest BCUT2D eigenvalue weighted by Crippen LogP contribution is -2.21. The number of nitrogens with zero attached hydrogens (tertiary/aromatic N) is 3. The number of benzene rings is 1. The maximum Gasteiger partial charge on any atom is 0.344 e. The summed E-state index contributed by atoms with van der Waals surface area (Å²) in [6.07, 6.45) is 1.49. The van der Waals surface area contributed by atoms with Gasteiger partial charge in [0.25, 0.3) is 0 Å². The van der Waals surface area contributed by atoms with Crippen molar-refractivity contribution in [3.05, 3.63) is 81.9 Å². The Hall–Kier alpha value is -4.20. The molecule has 0 saturated heterocycles. The molecule has 8 heteroatoms. The van der Waals surface area contributed by atoms with Crippen LogP contribution in [-0.4, -0.2) is 20.7 Å². The van der Waals surface area contributed by atoms with Gasteiger partial charge in [-0.3, -0.25) is 4.79 Å². The number of aryl methyl sites for hydroxylation is 2. The van der Waals surface area contributed by atoms with Crippen LogP contribution in [0.1, 0.15) is 28.7 Å². The quantitative estimate of drug-likeness (QED) is 0.380. The number of furan rings is 1.